The molecular weight excluding hydrogens is 288 g/mol. The van der Waals surface area contributed by atoms with Crippen molar-refractivity contribution < 1.29 is 5.11 Å². The van der Waals surface area contributed by atoms with Crippen LogP contribution in [0.4, 0.5) is 0 Å². The van der Waals surface area contributed by atoms with Crippen LogP contribution in [-0.2, 0) is 0 Å². The van der Waals surface area contributed by atoms with Gasteiger partial charge in [-0.1, -0.05) is 30.3 Å². The Balaban J connectivity index is 1.77. The summed E-state index contributed by atoms with van der Waals surface area (Å²) in [5.41, 5.74) is 3.24. The van der Waals surface area contributed by atoms with E-state index < -0.39 is 0 Å². The molecule has 23 heavy (non-hydrogen) atoms. The van der Waals surface area contributed by atoms with Gasteiger partial charge in [-0.15, -0.1) is 0 Å². The van der Waals surface area contributed by atoms with E-state index >= 15 is 0 Å². The Hall–Kier alpha value is -3.34. The van der Waals surface area contributed by atoms with E-state index in [1.54, 1.807) is 0 Å². The molecule has 0 aliphatic rings. The van der Waals surface area contributed by atoms with Gasteiger partial charge in [0.1, 0.15) is 5.75 Å². The molecule has 0 saturated heterocycles. The number of phenolic OH excluding ortho intramolecular Hbond substituents is 1. The van der Waals surface area contributed by atoms with Crippen molar-refractivity contribution >= 4 is 32.7 Å². The molecule has 0 amide bonds. The highest BCUT2D eigenvalue weighted by Gasteiger charge is 2.14. The third-order valence-corrected chi connectivity index (χ3v) is 4.18. The second kappa shape index (κ2) is 4.33. The van der Waals surface area contributed by atoms with Crippen molar-refractivity contribution in [2.45, 2.75) is 0 Å². The number of fused-ring (bicyclic) bond motifs is 3. The number of aromatic nitrogens is 4. The zero-order valence-corrected chi connectivity index (χ0v) is 12.0. The second-order valence-corrected chi connectivity index (χ2v) is 5.57. The summed E-state index contributed by atoms with van der Waals surface area (Å²) in [7, 11) is 0. The number of hydrogen-bond acceptors (Lipinski definition) is 3. The third kappa shape index (κ3) is 1.73. The Morgan fingerprint density at radius 2 is 1.70 bits per heavy atom. The maximum absolute atomic E-state index is 10.6. The van der Waals surface area contributed by atoms with Gasteiger partial charge in [0.2, 0.25) is 0 Å². The van der Waals surface area contributed by atoms with Crippen molar-refractivity contribution in [2.75, 3.05) is 0 Å². The van der Waals surface area contributed by atoms with E-state index in [0.717, 1.165) is 32.7 Å². The van der Waals surface area contributed by atoms with E-state index in [4.69, 9.17) is 0 Å². The van der Waals surface area contributed by atoms with Gasteiger partial charge in [-0.05, 0) is 23.6 Å². The predicted octanol–water partition coefficient (Wildman–Crippen LogP) is 3.97. The monoisotopic (exact) mass is 300 g/mol. The first-order chi connectivity index (χ1) is 11.3. The standard InChI is InChI=1S/C18H12N4O/c23-17-12-4-2-1-3-10(12)5-6-13(17)18-20-15-7-11-9-19-22-14(11)8-16(15)21-18/h1-9,19,22-23H. The smallest absolute Gasteiger partial charge is 0.164 e. The lowest BCUT2D eigenvalue weighted by Crippen LogP contribution is -1.83. The summed E-state index contributed by atoms with van der Waals surface area (Å²) in [5.74, 6) is 0.761. The Kier molecular flexibility index (Phi) is 2.30. The van der Waals surface area contributed by atoms with Crippen LogP contribution in [0.25, 0.3) is 44.1 Å². The molecular formula is C18H12N4O. The lowest BCUT2D eigenvalue weighted by atomic mass is 10.1. The molecule has 0 fully saturated rings. The summed E-state index contributed by atoms with van der Waals surface area (Å²) in [6.07, 6.45) is 1.89. The van der Waals surface area contributed by atoms with Crippen LogP contribution >= 0.6 is 0 Å². The largest absolute Gasteiger partial charge is 0.507 e. The van der Waals surface area contributed by atoms with Crippen LogP contribution in [0.15, 0.2) is 54.7 Å². The number of imidazole rings is 1. The molecule has 2 heterocycles. The van der Waals surface area contributed by atoms with E-state index in [0.29, 0.717) is 11.4 Å². The fraction of sp³-hybridized carbons (Fsp3) is 0. The summed E-state index contributed by atoms with van der Waals surface area (Å²) >= 11 is 0. The maximum Gasteiger partial charge on any atom is 0.164 e. The molecule has 2 aromatic heterocycles. The van der Waals surface area contributed by atoms with Gasteiger partial charge in [0.15, 0.2) is 5.82 Å². The number of rotatable bonds is 1. The van der Waals surface area contributed by atoms with Crippen LogP contribution in [0.1, 0.15) is 0 Å². The lowest BCUT2D eigenvalue weighted by molar-refractivity contribution is 0.483. The van der Waals surface area contributed by atoms with Gasteiger partial charge in [0.25, 0.3) is 0 Å². The van der Waals surface area contributed by atoms with Gasteiger partial charge < -0.3 is 15.3 Å². The molecule has 0 radical (unpaired) electrons. The van der Waals surface area contributed by atoms with Crippen molar-refractivity contribution in [1.29, 1.82) is 0 Å². The van der Waals surface area contributed by atoms with Gasteiger partial charge in [-0.25, -0.2) is 9.97 Å². The highest BCUT2D eigenvalue weighted by molar-refractivity contribution is 5.97. The lowest BCUT2D eigenvalue weighted by Gasteiger charge is -2.04. The molecule has 0 unspecified atom stereocenters. The van der Waals surface area contributed by atoms with Crippen molar-refractivity contribution in [2.24, 2.45) is 0 Å². The maximum atomic E-state index is 10.6. The van der Waals surface area contributed by atoms with E-state index in [1.807, 2.05) is 54.7 Å². The first-order valence-electron chi connectivity index (χ1n) is 7.34. The quantitative estimate of drug-likeness (QED) is 0.438. The minimum Gasteiger partial charge on any atom is -0.507 e. The average Bonchev–Trinajstić information content (AvgIpc) is 3.18. The molecule has 110 valence electrons. The van der Waals surface area contributed by atoms with Gasteiger partial charge in [-0.3, -0.25) is 0 Å². The molecule has 0 saturated carbocycles. The Morgan fingerprint density at radius 1 is 0.870 bits per heavy atom. The van der Waals surface area contributed by atoms with Crippen LogP contribution in [0.3, 0.4) is 0 Å². The fourth-order valence-corrected chi connectivity index (χ4v) is 3.00. The zero-order valence-electron chi connectivity index (χ0n) is 12.0. The molecule has 0 aliphatic heterocycles. The zero-order chi connectivity index (χ0) is 15.4. The third-order valence-electron chi connectivity index (χ3n) is 4.18. The number of nitrogens with zero attached hydrogens (tertiary/aromatic N) is 2. The van der Waals surface area contributed by atoms with E-state index in [1.165, 1.54) is 0 Å². The number of aromatic hydroxyl groups is 1. The Bertz CT molecular complexity index is 1140. The van der Waals surface area contributed by atoms with E-state index in [-0.39, 0.29) is 5.75 Å². The first kappa shape index (κ1) is 12.2. The normalized spacial score (nSPS) is 11.7. The van der Waals surface area contributed by atoms with Crippen LogP contribution in [-0.4, -0.2) is 25.3 Å². The fourth-order valence-electron chi connectivity index (χ4n) is 3.00. The van der Waals surface area contributed by atoms with E-state index in [9.17, 15) is 5.11 Å². The molecule has 0 aliphatic carbocycles. The average molecular weight is 300 g/mol. The van der Waals surface area contributed by atoms with Crippen molar-refractivity contribution in [1.82, 2.24) is 20.2 Å². The molecule has 5 aromatic rings. The number of H-pyrrole nitrogens is 2. The minimum atomic E-state index is 0.220. The summed E-state index contributed by atoms with van der Waals surface area (Å²) < 4.78 is 0. The van der Waals surface area contributed by atoms with Crippen LogP contribution in [0.2, 0.25) is 0 Å². The summed E-state index contributed by atoms with van der Waals surface area (Å²) in [5, 5.41) is 19.4. The Morgan fingerprint density at radius 3 is 2.61 bits per heavy atom. The molecule has 3 aromatic carbocycles. The van der Waals surface area contributed by atoms with Crippen LogP contribution in [0.5, 0.6) is 5.75 Å². The summed E-state index contributed by atoms with van der Waals surface area (Å²) in [6, 6.07) is 15.5. The summed E-state index contributed by atoms with van der Waals surface area (Å²) in [4.78, 5) is 9.16. The van der Waals surface area contributed by atoms with Gasteiger partial charge >= 0.3 is 0 Å². The predicted molar refractivity (Wildman–Crippen MR) is 90.4 cm³/mol. The summed E-state index contributed by atoms with van der Waals surface area (Å²) in [6.45, 7) is 0. The molecule has 5 rings (SSSR count). The van der Waals surface area contributed by atoms with Crippen LogP contribution in [0, 0.1) is 0 Å². The van der Waals surface area contributed by atoms with E-state index in [2.05, 4.69) is 20.2 Å². The first-order valence-corrected chi connectivity index (χ1v) is 7.34. The number of phenols is 1. The SMILES string of the molecule is Oc1c(-c2nc3cc4c[nH][nH]c4cc3n2)ccc2ccccc12. The molecule has 5 nitrogen and oxygen atoms in total. The minimum absolute atomic E-state index is 0.220. The van der Waals surface area contributed by atoms with Crippen LogP contribution < -0.4 is 0 Å². The van der Waals surface area contributed by atoms with Gasteiger partial charge in [0.05, 0.1) is 22.1 Å². The molecule has 0 atom stereocenters. The number of benzene rings is 3. The van der Waals surface area contributed by atoms with Gasteiger partial charge in [-0.2, -0.15) is 0 Å². The topological polar surface area (TPSA) is 77.6 Å². The van der Waals surface area contributed by atoms with Gasteiger partial charge in [0, 0.05) is 17.0 Å². The molecule has 3 N–H and O–H groups in total. The number of aromatic amines is 2. The van der Waals surface area contributed by atoms with Crippen molar-refractivity contribution in [3.8, 4) is 17.1 Å². The number of hydrogen-bond donors (Lipinski definition) is 3. The second-order valence-electron chi connectivity index (χ2n) is 5.57. The highest BCUT2D eigenvalue weighted by atomic mass is 16.3. The molecule has 0 bridgehead atoms. The van der Waals surface area contributed by atoms with Crippen molar-refractivity contribution in [3.63, 3.8) is 0 Å². The van der Waals surface area contributed by atoms with Crippen molar-refractivity contribution in [3.05, 3.63) is 54.7 Å². The number of nitrogens with one attached hydrogen (secondary N) is 2. The highest BCUT2D eigenvalue weighted by Crippen LogP contribution is 2.35. The molecule has 5 heteroatoms. The molecule has 0 spiro atoms. The Labute approximate surface area is 130 Å².